The molecule has 0 amide bonds. The van der Waals surface area contributed by atoms with E-state index in [2.05, 4.69) is 12.1 Å². The van der Waals surface area contributed by atoms with Gasteiger partial charge in [-0.25, -0.2) is 5.01 Å². The van der Waals surface area contributed by atoms with Crippen molar-refractivity contribution in [3.63, 3.8) is 0 Å². The van der Waals surface area contributed by atoms with Crippen LogP contribution in [0.15, 0.2) is 59.0 Å². The van der Waals surface area contributed by atoms with Gasteiger partial charge in [-0.05, 0) is 36.6 Å². The Kier molecular flexibility index (Phi) is 4.02. The Balaban J connectivity index is 1.64. The number of phenols is 1. The molecule has 2 atom stereocenters. The molecule has 5 rings (SSSR count). The monoisotopic (exact) mass is 392 g/mol. The standard InChI is InChI=1S/C22H20N2O3S/c1-13-8-9-18(25)15(11-13)16-12-17-14-5-3-6-19(26-2)21(14)27-22(24(17)23-16)20-7-4-10-28-20/h3-11,17,22,25H,12H2,1-2H3. The van der Waals surface area contributed by atoms with E-state index in [4.69, 9.17) is 14.6 Å². The molecule has 0 spiro atoms. The molecule has 0 saturated heterocycles. The second-order valence-electron chi connectivity index (χ2n) is 7.03. The Bertz CT molecular complexity index is 1060. The van der Waals surface area contributed by atoms with Gasteiger partial charge in [0.25, 0.3) is 0 Å². The van der Waals surface area contributed by atoms with Gasteiger partial charge in [-0.2, -0.15) is 5.10 Å². The van der Waals surface area contributed by atoms with Crippen molar-refractivity contribution in [2.75, 3.05) is 7.11 Å². The Hall–Kier alpha value is -2.99. The lowest BCUT2D eigenvalue weighted by molar-refractivity contribution is -0.0184. The molecule has 2 unspecified atom stereocenters. The summed E-state index contributed by atoms with van der Waals surface area (Å²) in [4.78, 5) is 1.08. The van der Waals surface area contributed by atoms with E-state index in [1.807, 2.05) is 47.6 Å². The fourth-order valence-corrected chi connectivity index (χ4v) is 4.65. The SMILES string of the molecule is COc1cccc2c1OC(c1cccs1)N1N=C(c3cc(C)ccc3O)CC21. The van der Waals surface area contributed by atoms with Crippen LogP contribution in [0.2, 0.25) is 0 Å². The van der Waals surface area contributed by atoms with Gasteiger partial charge in [-0.15, -0.1) is 11.3 Å². The van der Waals surface area contributed by atoms with Crippen LogP contribution < -0.4 is 9.47 Å². The van der Waals surface area contributed by atoms with Crippen LogP contribution in [-0.4, -0.2) is 22.9 Å². The molecule has 6 heteroatoms. The Morgan fingerprint density at radius 2 is 2.11 bits per heavy atom. The number of hydrogen-bond donors (Lipinski definition) is 1. The third kappa shape index (κ3) is 2.64. The van der Waals surface area contributed by atoms with Crippen LogP contribution in [0.1, 0.15) is 40.3 Å². The van der Waals surface area contributed by atoms with E-state index >= 15 is 0 Å². The third-order valence-electron chi connectivity index (χ3n) is 5.25. The topological polar surface area (TPSA) is 54.3 Å². The Morgan fingerprint density at radius 3 is 2.89 bits per heavy atom. The second kappa shape index (κ2) is 6.56. The molecule has 0 fully saturated rings. The number of methoxy groups -OCH3 is 1. The van der Waals surface area contributed by atoms with Crippen molar-refractivity contribution < 1.29 is 14.6 Å². The summed E-state index contributed by atoms with van der Waals surface area (Å²) in [5, 5.41) is 19.4. The first kappa shape index (κ1) is 17.1. The number of phenolic OH excluding ortho intramolecular Hbond substituents is 1. The van der Waals surface area contributed by atoms with Crippen LogP contribution >= 0.6 is 11.3 Å². The van der Waals surface area contributed by atoms with Crippen molar-refractivity contribution in [2.24, 2.45) is 5.10 Å². The van der Waals surface area contributed by atoms with E-state index < -0.39 is 0 Å². The lowest BCUT2D eigenvalue weighted by Gasteiger charge is -2.38. The molecule has 1 N–H and O–H groups in total. The smallest absolute Gasteiger partial charge is 0.223 e. The maximum atomic E-state index is 10.4. The molecule has 142 valence electrons. The first-order valence-corrected chi connectivity index (χ1v) is 10.1. The van der Waals surface area contributed by atoms with Gasteiger partial charge in [0.15, 0.2) is 11.5 Å². The fraction of sp³-hybridized carbons (Fsp3) is 0.227. The highest BCUT2D eigenvalue weighted by Crippen LogP contribution is 2.51. The van der Waals surface area contributed by atoms with E-state index in [0.29, 0.717) is 6.42 Å². The third-order valence-corrected chi connectivity index (χ3v) is 6.15. The predicted molar refractivity (Wildman–Crippen MR) is 109 cm³/mol. The van der Waals surface area contributed by atoms with E-state index in [9.17, 15) is 5.11 Å². The highest BCUT2D eigenvalue weighted by molar-refractivity contribution is 7.10. The van der Waals surface area contributed by atoms with Crippen LogP contribution in [0.4, 0.5) is 0 Å². The van der Waals surface area contributed by atoms with E-state index in [0.717, 1.165) is 38.8 Å². The number of para-hydroxylation sites is 1. The van der Waals surface area contributed by atoms with Crippen molar-refractivity contribution in [1.82, 2.24) is 5.01 Å². The first-order chi connectivity index (χ1) is 13.7. The summed E-state index contributed by atoms with van der Waals surface area (Å²) in [6.07, 6.45) is 0.376. The minimum absolute atomic E-state index is 0.0286. The van der Waals surface area contributed by atoms with Gasteiger partial charge in [0.1, 0.15) is 5.75 Å². The van der Waals surface area contributed by atoms with Gasteiger partial charge in [0.2, 0.25) is 6.23 Å². The largest absolute Gasteiger partial charge is 0.507 e. The van der Waals surface area contributed by atoms with Gasteiger partial charge in [0, 0.05) is 17.5 Å². The maximum absolute atomic E-state index is 10.4. The lowest BCUT2D eigenvalue weighted by atomic mass is 9.95. The molecule has 2 aliphatic rings. The maximum Gasteiger partial charge on any atom is 0.223 e. The number of aryl methyl sites for hydroxylation is 1. The number of hydrogen-bond acceptors (Lipinski definition) is 6. The Morgan fingerprint density at radius 1 is 1.21 bits per heavy atom. The van der Waals surface area contributed by atoms with Crippen LogP contribution in [-0.2, 0) is 0 Å². The first-order valence-electron chi connectivity index (χ1n) is 9.18. The van der Waals surface area contributed by atoms with Gasteiger partial charge < -0.3 is 14.6 Å². The zero-order valence-electron chi connectivity index (χ0n) is 15.6. The minimum Gasteiger partial charge on any atom is -0.507 e. The molecule has 2 aliphatic heterocycles. The number of nitrogens with zero attached hydrogens (tertiary/aromatic N) is 2. The zero-order chi connectivity index (χ0) is 19.3. The summed E-state index contributed by atoms with van der Waals surface area (Å²) in [5.41, 5.74) is 3.79. The summed E-state index contributed by atoms with van der Waals surface area (Å²) < 4.78 is 11.9. The van der Waals surface area contributed by atoms with Crippen molar-refractivity contribution in [2.45, 2.75) is 25.6 Å². The number of benzene rings is 2. The summed E-state index contributed by atoms with van der Waals surface area (Å²) in [5.74, 6) is 1.75. The average Bonchev–Trinajstić information content (AvgIpc) is 3.39. The summed E-state index contributed by atoms with van der Waals surface area (Å²) in [6.45, 7) is 2.02. The van der Waals surface area contributed by atoms with Crippen LogP contribution in [0, 0.1) is 6.92 Å². The molecule has 1 aromatic heterocycles. The molecule has 3 heterocycles. The van der Waals surface area contributed by atoms with Crippen molar-refractivity contribution in [3.05, 3.63) is 75.5 Å². The van der Waals surface area contributed by atoms with Crippen LogP contribution in [0.25, 0.3) is 0 Å². The van der Waals surface area contributed by atoms with E-state index in [-0.39, 0.29) is 18.0 Å². The highest BCUT2D eigenvalue weighted by Gasteiger charge is 2.42. The van der Waals surface area contributed by atoms with Gasteiger partial charge in [-0.3, -0.25) is 0 Å². The molecule has 2 aromatic carbocycles. The molecular weight excluding hydrogens is 372 g/mol. The van der Waals surface area contributed by atoms with E-state index in [1.165, 1.54) is 0 Å². The highest BCUT2D eigenvalue weighted by atomic mass is 32.1. The molecule has 3 aromatic rings. The fourth-order valence-electron chi connectivity index (χ4n) is 3.91. The molecule has 5 nitrogen and oxygen atoms in total. The summed E-state index contributed by atoms with van der Waals surface area (Å²) in [7, 11) is 1.66. The summed E-state index contributed by atoms with van der Waals surface area (Å²) >= 11 is 1.64. The van der Waals surface area contributed by atoms with Crippen LogP contribution in [0.5, 0.6) is 17.2 Å². The Labute approximate surface area is 167 Å². The number of hydrazone groups is 1. The molecular formula is C22H20N2O3S. The van der Waals surface area contributed by atoms with Crippen molar-refractivity contribution in [1.29, 1.82) is 0 Å². The van der Waals surface area contributed by atoms with Crippen LogP contribution in [0.3, 0.4) is 0 Å². The molecule has 0 bridgehead atoms. The number of aromatic hydroxyl groups is 1. The number of rotatable bonds is 3. The quantitative estimate of drug-likeness (QED) is 0.680. The van der Waals surface area contributed by atoms with Gasteiger partial charge in [0.05, 0.1) is 23.7 Å². The van der Waals surface area contributed by atoms with Crippen molar-refractivity contribution in [3.8, 4) is 17.2 Å². The predicted octanol–water partition coefficient (Wildman–Crippen LogP) is 5.01. The van der Waals surface area contributed by atoms with Gasteiger partial charge >= 0.3 is 0 Å². The lowest BCUT2D eigenvalue weighted by Crippen LogP contribution is -2.33. The number of ether oxygens (including phenoxy) is 2. The molecule has 0 saturated carbocycles. The van der Waals surface area contributed by atoms with E-state index in [1.54, 1.807) is 24.5 Å². The molecule has 28 heavy (non-hydrogen) atoms. The number of fused-ring (bicyclic) bond motifs is 3. The second-order valence-corrected chi connectivity index (χ2v) is 8.01. The molecule has 0 aliphatic carbocycles. The molecule has 0 radical (unpaired) electrons. The minimum atomic E-state index is -0.321. The van der Waals surface area contributed by atoms with Crippen molar-refractivity contribution >= 4 is 17.0 Å². The normalized spacial score (nSPS) is 20.2. The zero-order valence-corrected chi connectivity index (χ0v) is 16.4. The average molecular weight is 392 g/mol. The number of thiophene rings is 1. The van der Waals surface area contributed by atoms with Gasteiger partial charge in [-0.1, -0.05) is 29.8 Å². The summed E-state index contributed by atoms with van der Waals surface area (Å²) in [6, 6.07) is 15.7.